The van der Waals surface area contributed by atoms with Crippen LogP contribution < -0.4 is 5.73 Å². The third kappa shape index (κ3) is 34.7. The summed E-state index contributed by atoms with van der Waals surface area (Å²) in [4.78, 5) is 10.3. The van der Waals surface area contributed by atoms with E-state index in [-0.39, 0.29) is 12.0 Å². The maximum absolute atomic E-state index is 10.3. The van der Waals surface area contributed by atoms with Crippen LogP contribution >= 0.6 is 0 Å². The quantitative estimate of drug-likeness (QED) is 0.468. The predicted molar refractivity (Wildman–Crippen MR) is 47.8 cm³/mol. The first-order chi connectivity index (χ1) is 5.66. The summed E-state index contributed by atoms with van der Waals surface area (Å²) in [6.45, 7) is 1.76. The molecule has 0 aliphatic heterocycles. The number of ether oxygens (including phenoxy) is 1. The molecule has 6 nitrogen and oxygen atoms in total. The third-order valence-corrected chi connectivity index (χ3v) is 0.716. The number of rotatable bonds is 2. The summed E-state index contributed by atoms with van der Waals surface area (Å²) in [5.41, 5.74) is 5.27. The number of esters is 1. The van der Waals surface area contributed by atoms with Gasteiger partial charge in [0.05, 0.1) is 19.8 Å². The van der Waals surface area contributed by atoms with Gasteiger partial charge >= 0.3 is 5.97 Å². The molecule has 0 aliphatic carbocycles. The second-order valence-corrected chi connectivity index (χ2v) is 3.96. The van der Waals surface area contributed by atoms with Crippen LogP contribution in [0, 0.1) is 0 Å². The van der Waals surface area contributed by atoms with E-state index in [0.29, 0.717) is 12.7 Å². The molecule has 0 aromatic heterocycles. The van der Waals surface area contributed by atoms with Crippen LogP contribution in [0.2, 0.25) is 0 Å². The van der Waals surface area contributed by atoms with Crippen molar-refractivity contribution in [2.24, 2.45) is 5.73 Å². The zero-order valence-corrected chi connectivity index (χ0v) is 8.67. The zero-order chi connectivity index (χ0) is 11.1. The number of methoxy groups -OCH3 is 1. The monoisotopic (exact) mass is 213 g/mol. The first-order valence-electron chi connectivity index (χ1n) is 3.41. The summed E-state index contributed by atoms with van der Waals surface area (Å²) < 4.78 is 30.2. The lowest BCUT2D eigenvalue weighted by atomic mass is 10.3. The fourth-order valence-corrected chi connectivity index (χ4v) is 0.346. The highest BCUT2D eigenvalue weighted by atomic mass is 32.2. The second kappa shape index (κ2) is 6.81. The van der Waals surface area contributed by atoms with E-state index < -0.39 is 10.1 Å². The minimum atomic E-state index is -3.67. The predicted octanol–water partition coefficient (Wildman–Crippen LogP) is -0.599. The molecule has 80 valence electrons. The lowest BCUT2D eigenvalue weighted by Crippen LogP contribution is -2.20. The second-order valence-electron chi connectivity index (χ2n) is 2.49. The summed E-state index contributed by atoms with van der Waals surface area (Å²) in [6.07, 6.45) is 1.02. The maximum Gasteiger partial charge on any atom is 0.307 e. The zero-order valence-electron chi connectivity index (χ0n) is 7.85. The van der Waals surface area contributed by atoms with Crippen LogP contribution in [0.4, 0.5) is 0 Å². The number of hydrogen-bond donors (Lipinski definition) is 2. The van der Waals surface area contributed by atoms with Gasteiger partial charge in [0, 0.05) is 6.04 Å². The fraction of sp³-hybridized carbons (Fsp3) is 0.833. The van der Waals surface area contributed by atoms with Crippen LogP contribution in [0.25, 0.3) is 0 Å². The molecule has 0 fully saturated rings. The molecule has 13 heavy (non-hydrogen) atoms. The smallest absolute Gasteiger partial charge is 0.307 e. The van der Waals surface area contributed by atoms with Gasteiger partial charge in [-0.1, -0.05) is 0 Å². The Kier molecular flexibility index (Phi) is 7.78. The van der Waals surface area contributed by atoms with Gasteiger partial charge in [0.2, 0.25) is 0 Å². The van der Waals surface area contributed by atoms with Gasteiger partial charge in [0.1, 0.15) is 0 Å². The van der Waals surface area contributed by atoms with Crippen molar-refractivity contribution < 1.29 is 22.5 Å². The molecule has 0 aromatic rings. The lowest BCUT2D eigenvalue weighted by molar-refractivity contribution is -0.140. The fourth-order valence-electron chi connectivity index (χ4n) is 0.346. The lowest BCUT2D eigenvalue weighted by Gasteiger charge is -2.00. The van der Waals surface area contributed by atoms with Crippen LogP contribution in [0.5, 0.6) is 0 Å². The highest BCUT2D eigenvalue weighted by Crippen LogP contribution is 1.86. The van der Waals surface area contributed by atoms with Gasteiger partial charge in [-0.2, -0.15) is 8.42 Å². The molecular weight excluding hydrogens is 198 g/mol. The Morgan fingerprint density at radius 3 is 2.00 bits per heavy atom. The SMILES string of the molecule is COC(=O)C[C@@H](C)N.CS(=O)(=O)O. The molecule has 0 aromatic carbocycles. The van der Waals surface area contributed by atoms with E-state index >= 15 is 0 Å². The first kappa shape index (κ1) is 14.8. The van der Waals surface area contributed by atoms with Crippen LogP contribution in [-0.2, 0) is 19.6 Å². The van der Waals surface area contributed by atoms with Crippen molar-refractivity contribution in [3.63, 3.8) is 0 Å². The highest BCUT2D eigenvalue weighted by molar-refractivity contribution is 7.85. The molecule has 1 atom stereocenters. The Morgan fingerprint density at radius 2 is 1.92 bits per heavy atom. The van der Waals surface area contributed by atoms with Crippen molar-refractivity contribution >= 4 is 16.1 Å². The Labute approximate surface area is 77.8 Å². The van der Waals surface area contributed by atoms with E-state index in [1.54, 1.807) is 6.92 Å². The van der Waals surface area contributed by atoms with Crippen molar-refractivity contribution in [1.82, 2.24) is 0 Å². The van der Waals surface area contributed by atoms with Crippen LogP contribution in [0.3, 0.4) is 0 Å². The molecular formula is C6H15NO5S. The summed E-state index contributed by atoms with van der Waals surface area (Å²) in [6, 6.07) is -0.0950. The topological polar surface area (TPSA) is 107 Å². The van der Waals surface area contributed by atoms with Gasteiger partial charge in [-0.3, -0.25) is 9.35 Å². The summed E-state index contributed by atoms with van der Waals surface area (Å²) in [5, 5.41) is 0. The Bertz CT molecular complexity index is 225. The van der Waals surface area contributed by atoms with E-state index in [9.17, 15) is 13.2 Å². The Balaban J connectivity index is 0. The summed E-state index contributed by atoms with van der Waals surface area (Å²) in [7, 11) is -2.31. The average molecular weight is 213 g/mol. The van der Waals surface area contributed by atoms with E-state index in [0.717, 1.165) is 0 Å². The Hall–Kier alpha value is -0.660. The molecule has 0 saturated heterocycles. The van der Waals surface area contributed by atoms with Gasteiger partial charge in [-0.25, -0.2) is 0 Å². The van der Waals surface area contributed by atoms with Gasteiger partial charge < -0.3 is 10.5 Å². The van der Waals surface area contributed by atoms with E-state index in [2.05, 4.69) is 4.74 Å². The number of hydrogen-bond acceptors (Lipinski definition) is 5. The largest absolute Gasteiger partial charge is 0.469 e. The molecule has 7 heteroatoms. The van der Waals surface area contributed by atoms with Gasteiger partial charge in [0.15, 0.2) is 0 Å². The standard InChI is InChI=1S/C5H11NO2.CH4O3S/c1-4(6)3-5(7)8-2;1-5(2,3)4/h4H,3,6H2,1-2H3;1H3,(H,2,3,4)/t4-;/m1./s1. The minimum absolute atomic E-state index is 0.0950. The third-order valence-electron chi connectivity index (χ3n) is 0.716. The number of carbonyl (C=O) groups excluding carboxylic acids is 1. The molecule has 0 amide bonds. The number of nitrogens with two attached hydrogens (primary N) is 1. The normalized spacial score (nSPS) is 12.4. The van der Waals surface area contributed by atoms with Gasteiger partial charge in [0.25, 0.3) is 10.1 Å². The minimum Gasteiger partial charge on any atom is -0.469 e. The molecule has 0 unspecified atom stereocenters. The molecule has 0 rings (SSSR count). The van der Waals surface area contributed by atoms with E-state index in [1.165, 1.54) is 7.11 Å². The van der Waals surface area contributed by atoms with Crippen molar-refractivity contribution in [2.45, 2.75) is 19.4 Å². The molecule has 0 bridgehead atoms. The van der Waals surface area contributed by atoms with Crippen LogP contribution in [0.15, 0.2) is 0 Å². The summed E-state index contributed by atoms with van der Waals surface area (Å²) >= 11 is 0. The summed E-state index contributed by atoms with van der Waals surface area (Å²) in [5.74, 6) is -0.250. The van der Waals surface area contributed by atoms with Crippen LogP contribution in [0.1, 0.15) is 13.3 Å². The molecule has 0 radical (unpaired) electrons. The maximum atomic E-state index is 10.3. The van der Waals surface area contributed by atoms with Gasteiger partial charge in [-0.15, -0.1) is 0 Å². The van der Waals surface area contributed by atoms with E-state index in [1.807, 2.05) is 0 Å². The average Bonchev–Trinajstić information content (AvgIpc) is 1.82. The molecule has 0 spiro atoms. The molecule has 0 aliphatic rings. The van der Waals surface area contributed by atoms with Crippen molar-refractivity contribution in [2.75, 3.05) is 13.4 Å². The van der Waals surface area contributed by atoms with Crippen molar-refractivity contribution in [3.05, 3.63) is 0 Å². The Morgan fingerprint density at radius 1 is 1.62 bits per heavy atom. The molecule has 3 N–H and O–H groups in total. The van der Waals surface area contributed by atoms with Crippen LogP contribution in [-0.4, -0.2) is 38.3 Å². The van der Waals surface area contributed by atoms with Gasteiger partial charge in [-0.05, 0) is 6.92 Å². The number of carbonyl (C=O) groups is 1. The van der Waals surface area contributed by atoms with Crippen molar-refractivity contribution in [1.29, 1.82) is 0 Å². The molecule has 0 saturated carbocycles. The first-order valence-corrected chi connectivity index (χ1v) is 5.26. The molecule has 0 heterocycles. The van der Waals surface area contributed by atoms with E-state index in [4.69, 9.17) is 10.3 Å². The van der Waals surface area contributed by atoms with Crippen molar-refractivity contribution in [3.8, 4) is 0 Å². The highest BCUT2D eigenvalue weighted by Gasteiger charge is 2.01.